The van der Waals surface area contributed by atoms with Crippen molar-refractivity contribution in [3.63, 3.8) is 0 Å². The fourth-order valence-electron chi connectivity index (χ4n) is 0.716. The summed E-state index contributed by atoms with van der Waals surface area (Å²) in [6, 6.07) is 0. The summed E-state index contributed by atoms with van der Waals surface area (Å²) in [5.41, 5.74) is 1.84. The van der Waals surface area contributed by atoms with Crippen LogP contribution >= 0.6 is 0 Å². The minimum Gasteiger partial charge on any atom is -0.464 e. The van der Waals surface area contributed by atoms with Crippen LogP contribution in [-0.4, -0.2) is 24.3 Å². The fourth-order valence-corrected chi connectivity index (χ4v) is 0.716. The molecule has 0 saturated carbocycles. The molecule has 0 aromatic rings. The summed E-state index contributed by atoms with van der Waals surface area (Å²) >= 11 is 0. The van der Waals surface area contributed by atoms with Crippen molar-refractivity contribution < 1.29 is 22.7 Å². The minimum absolute atomic E-state index is 0.0643. The molecule has 0 fully saturated rings. The Morgan fingerprint density at radius 3 is 1.94 bits per heavy atom. The molecule has 0 aliphatic carbocycles. The zero-order valence-corrected chi connectivity index (χ0v) is 9.94. The Kier molecular flexibility index (Phi) is 4.38. The zero-order valence-electron chi connectivity index (χ0n) is 9.94. The van der Waals surface area contributed by atoms with Gasteiger partial charge in [0, 0.05) is 0 Å². The largest absolute Gasteiger partial charge is 0.464 e. The summed E-state index contributed by atoms with van der Waals surface area (Å²) in [5, 5.41) is 0. The maximum Gasteiger partial charge on any atom is 0.416 e. The molecule has 0 aliphatic rings. The predicted octanol–water partition coefficient (Wildman–Crippen LogP) is 2.25. The fraction of sp³-hybridized carbons (Fsp3) is 0.900. The maximum absolute atomic E-state index is 12.3. The number of nitrogens with two attached hydrogens (primary N) is 1. The number of esters is 1. The third-order valence-corrected chi connectivity index (χ3v) is 2.10. The molecule has 1 unspecified atom stereocenters. The zero-order chi connectivity index (χ0) is 13.2. The number of halogens is 3. The Labute approximate surface area is 93.1 Å². The van der Waals surface area contributed by atoms with Gasteiger partial charge in [0.2, 0.25) is 5.54 Å². The first-order valence-corrected chi connectivity index (χ1v) is 4.91. The van der Waals surface area contributed by atoms with Crippen LogP contribution < -0.4 is 5.73 Å². The van der Waals surface area contributed by atoms with Gasteiger partial charge < -0.3 is 10.5 Å². The van der Waals surface area contributed by atoms with Crippen LogP contribution in [0.2, 0.25) is 0 Å². The van der Waals surface area contributed by atoms with E-state index >= 15 is 0 Å². The highest BCUT2D eigenvalue weighted by atomic mass is 19.4. The van der Waals surface area contributed by atoms with E-state index in [1.165, 1.54) is 0 Å². The first-order valence-electron chi connectivity index (χ1n) is 4.91. The van der Waals surface area contributed by atoms with Crippen LogP contribution in [-0.2, 0) is 9.53 Å². The van der Waals surface area contributed by atoms with E-state index in [0.717, 1.165) is 0 Å². The molecular formula is C10H18F3NO2. The van der Waals surface area contributed by atoms with Gasteiger partial charge >= 0.3 is 12.1 Å². The van der Waals surface area contributed by atoms with E-state index in [4.69, 9.17) is 5.73 Å². The van der Waals surface area contributed by atoms with E-state index in [1.54, 1.807) is 0 Å². The van der Waals surface area contributed by atoms with E-state index in [0.29, 0.717) is 13.3 Å². The molecule has 0 spiro atoms. The minimum atomic E-state index is -4.80. The van der Waals surface area contributed by atoms with Crippen LogP contribution in [0.3, 0.4) is 0 Å². The van der Waals surface area contributed by atoms with E-state index in [1.807, 2.05) is 20.8 Å². The molecule has 0 bridgehead atoms. The van der Waals surface area contributed by atoms with Crippen molar-refractivity contribution in [2.75, 3.05) is 6.61 Å². The van der Waals surface area contributed by atoms with Crippen molar-refractivity contribution in [1.82, 2.24) is 0 Å². The molecule has 1 atom stereocenters. The number of hydrogen-bond donors (Lipinski definition) is 1. The molecule has 3 nitrogen and oxygen atoms in total. The molecule has 6 heteroatoms. The van der Waals surface area contributed by atoms with E-state index < -0.39 is 17.7 Å². The molecule has 96 valence electrons. The van der Waals surface area contributed by atoms with Crippen molar-refractivity contribution in [3.05, 3.63) is 0 Å². The molecule has 0 saturated heterocycles. The van der Waals surface area contributed by atoms with Gasteiger partial charge in [-0.15, -0.1) is 0 Å². The maximum atomic E-state index is 12.3. The number of hydrogen-bond acceptors (Lipinski definition) is 3. The van der Waals surface area contributed by atoms with Gasteiger partial charge in [-0.1, -0.05) is 20.8 Å². The molecule has 0 rings (SSSR count). The summed E-state index contributed by atoms with van der Waals surface area (Å²) in [6.45, 7) is 6.22. The first-order chi connectivity index (χ1) is 6.88. The number of ether oxygens (including phenoxy) is 1. The second kappa shape index (κ2) is 4.61. The third-order valence-electron chi connectivity index (χ3n) is 2.10. The molecule has 0 aromatic heterocycles. The highest BCUT2D eigenvalue weighted by molar-refractivity contribution is 5.81. The number of rotatable bonds is 3. The van der Waals surface area contributed by atoms with Gasteiger partial charge in [-0.3, -0.25) is 0 Å². The number of carbonyl (C=O) groups excluding carboxylic acids is 1. The van der Waals surface area contributed by atoms with Crippen molar-refractivity contribution in [1.29, 1.82) is 0 Å². The molecule has 0 aliphatic heterocycles. The predicted molar refractivity (Wildman–Crippen MR) is 53.7 cm³/mol. The Morgan fingerprint density at radius 1 is 1.19 bits per heavy atom. The Balaban J connectivity index is 4.28. The highest BCUT2D eigenvalue weighted by Gasteiger charge is 2.55. The third kappa shape index (κ3) is 4.38. The van der Waals surface area contributed by atoms with Gasteiger partial charge in [0.05, 0.1) is 6.61 Å². The molecule has 0 radical (unpaired) electrons. The van der Waals surface area contributed by atoms with Crippen molar-refractivity contribution in [2.24, 2.45) is 11.1 Å². The Morgan fingerprint density at radius 2 is 1.62 bits per heavy atom. The van der Waals surface area contributed by atoms with Crippen LogP contribution in [0.4, 0.5) is 13.2 Å². The number of alkyl halides is 3. The van der Waals surface area contributed by atoms with Crippen LogP contribution in [0.25, 0.3) is 0 Å². The monoisotopic (exact) mass is 241 g/mol. The molecular weight excluding hydrogens is 223 g/mol. The average molecular weight is 241 g/mol. The van der Waals surface area contributed by atoms with Gasteiger partial charge in [-0.25, -0.2) is 4.79 Å². The van der Waals surface area contributed by atoms with E-state index in [-0.39, 0.29) is 12.0 Å². The molecule has 0 aromatic carbocycles. The second-order valence-electron chi connectivity index (χ2n) is 5.15. The summed E-state index contributed by atoms with van der Waals surface area (Å²) in [7, 11) is 0. The van der Waals surface area contributed by atoms with Crippen molar-refractivity contribution in [2.45, 2.75) is 45.8 Å². The van der Waals surface area contributed by atoms with E-state index in [2.05, 4.69) is 4.74 Å². The molecule has 0 heterocycles. The summed E-state index contributed by atoms with van der Waals surface area (Å²) in [4.78, 5) is 11.1. The van der Waals surface area contributed by atoms with Crippen LogP contribution in [0.15, 0.2) is 0 Å². The Hall–Kier alpha value is -0.780. The molecule has 2 N–H and O–H groups in total. The lowest BCUT2D eigenvalue weighted by Gasteiger charge is -2.26. The lowest BCUT2D eigenvalue weighted by Crippen LogP contribution is -2.57. The summed E-state index contributed by atoms with van der Waals surface area (Å²) < 4.78 is 41.5. The van der Waals surface area contributed by atoms with E-state index in [9.17, 15) is 18.0 Å². The highest BCUT2D eigenvalue weighted by Crippen LogP contribution is 2.29. The standard InChI is InChI=1S/C10H18F3NO2/c1-8(2,3)5-6-16-7(15)9(4,14)10(11,12)13/h5-6,14H2,1-4H3. The SMILES string of the molecule is CC(C)(C)CCOC(=O)C(C)(N)C(F)(F)F. The molecule has 0 amide bonds. The summed E-state index contributed by atoms with van der Waals surface area (Å²) in [6.07, 6.45) is -4.32. The first kappa shape index (κ1) is 15.2. The quantitative estimate of drug-likeness (QED) is 0.771. The van der Waals surface area contributed by atoms with Crippen LogP contribution in [0, 0.1) is 5.41 Å². The van der Waals surface area contributed by atoms with Crippen LogP contribution in [0.1, 0.15) is 34.1 Å². The summed E-state index contributed by atoms with van der Waals surface area (Å²) in [5.74, 6) is -1.44. The van der Waals surface area contributed by atoms with Crippen LogP contribution in [0.5, 0.6) is 0 Å². The van der Waals surface area contributed by atoms with Gasteiger partial charge in [0.1, 0.15) is 0 Å². The van der Waals surface area contributed by atoms with Gasteiger partial charge in [0.25, 0.3) is 0 Å². The normalized spacial score (nSPS) is 16.8. The van der Waals surface area contributed by atoms with Gasteiger partial charge in [-0.05, 0) is 18.8 Å². The second-order valence-corrected chi connectivity index (χ2v) is 5.15. The topological polar surface area (TPSA) is 52.3 Å². The van der Waals surface area contributed by atoms with Crippen molar-refractivity contribution in [3.8, 4) is 0 Å². The van der Waals surface area contributed by atoms with Gasteiger partial charge in [-0.2, -0.15) is 13.2 Å². The molecule has 16 heavy (non-hydrogen) atoms. The van der Waals surface area contributed by atoms with Crippen molar-refractivity contribution >= 4 is 5.97 Å². The Bertz CT molecular complexity index is 254. The number of carbonyl (C=O) groups is 1. The van der Waals surface area contributed by atoms with Gasteiger partial charge in [0.15, 0.2) is 0 Å². The lowest BCUT2D eigenvalue weighted by atomic mass is 9.93. The lowest BCUT2D eigenvalue weighted by molar-refractivity contribution is -0.202. The smallest absolute Gasteiger partial charge is 0.416 e. The average Bonchev–Trinajstić information content (AvgIpc) is 1.99.